The zero-order valence-electron chi connectivity index (χ0n) is 9.63. The molecule has 0 spiro atoms. The Morgan fingerprint density at radius 1 is 1.29 bits per heavy atom. The Labute approximate surface area is 112 Å². The molecule has 0 saturated heterocycles. The summed E-state index contributed by atoms with van der Waals surface area (Å²) in [5, 5.41) is 11.8. The first-order valence-electron chi connectivity index (χ1n) is 5.96. The van der Waals surface area contributed by atoms with E-state index in [-0.39, 0.29) is 5.92 Å². The highest BCUT2D eigenvalue weighted by Gasteiger charge is 2.39. The molecule has 1 saturated carbocycles. The predicted octanol–water partition coefficient (Wildman–Crippen LogP) is 3.33. The van der Waals surface area contributed by atoms with Gasteiger partial charge in [0.15, 0.2) is 0 Å². The molecule has 1 fully saturated rings. The van der Waals surface area contributed by atoms with Crippen molar-refractivity contribution in [3.63, 3.8) is 0 Å². The van der Waals surface area contributed by atoms with Gasteiger partial charge in [0, 0.05) is 5.92 Å². The number of hydrogen-bond acceptors (Lipinski definition) is 2. The second kappa shape index (κ2) is 5.15. The third kappa shape index (κ3) is 2.45. The maximum atomic E-state index is 10.8. The summed E-state index contributed by atoms with van der Waals surface area (Å²) in [6, 6.07) is 5.35. The summed E-state index contributed by atoms with van der Waals surface area (Å²) in [4.78, 5) is 0. The van der Waals surface area contributed by atoms with Gasteiger partial charge >= 0.3 is 0 Å². The molecule has 0 aromatic heterocycles. The summed E-state index contributed by atoms with van der Waals surface area (Å²) in [6.07, 6.45) is 3.86. The van der Waals surface area contributed by atoms with E-state index in [4.69, 9.17) is 28.9 Å². The Hall–Kier alpha value is -0.280. The van der Waals surface area contributed by atoms with Crippen LogP contribution in [0, 0.1) is 5.92 Å². The van der Waals surface area contributed by atoms with Crippen LogP contribution in [-0.4, -0.2) is 11.7 Å². The van der Waals surface area contributed by atoms with Gasteiger partial charge < -0.3 is 10.8 Å². The summed E-state index contributed by atoms with van der Waals surface area (Å²) in [5.74, 6) is 0.105. The molecule has 1 aromatic carbocycles. The number of nitrogens with two attached hydrogens (primary N) is 1. The highest BCUT2D eigenvalue weighted by molar-refractivity contribution is 6.42. The van der Waals surface area contributed by atoms with Crippen LogP contribution in [0.2, 0.25) is 10.0 Å². The maximum Gasteiger partial charge on any atom is 0.0937 e. The van der Waals surface area contributed by atoms with Crippen LogP contribution in [0.5, 0.6) is 0 Å². The van der Waals surface area contributed by atoms with E-state index in [1.165, 1.54) is 0 Å². The second-order valence-corrected chi connectivity index (χ2v) is 5.55. The zero-order chi connectivity index (χ0) is 12.5. The molecule has 1 aromatic rings. The van der Waals surface area contributed by atoms with Crippen LogP contribution in [0.4, 0.5) is 0 Å². The molecular weight excluding hydrogens is 257 g/mol. The van der Waals surface area contributed by atoms with Gasteiger partial charge in [-0.25, -0.2) is 0 Å². The highest BCUT2D eigenvalue weighted by atomic mass is 35.5. The van der Waals surface area contributed by atoms with Crippen LogP contribution in [0.15, 0.2) is 18.2 Å². The normalized spacial score (nSPS) is 29.3. The minimum absolute atomic E-state index is 0.105. The lowest BCUT2D eigenvalue weighted by Gasteiger charge is -2.40. The molecule has 2 nitrogen and oxygen atoms in total. The lowest BCUT2D eigenvalue weighted by molar-refractivity contribution is -0.0506. The van der Waals surface area contributed by atoms with Gasteiger partial charge in [-0.05, 0) is 37.1 Å². The largest absolute Gasteiger partial charge is 0.385 e. The smallest absolute Gasteiger partial charge is 0.0937 e. The first-order valence-corrected chi connectivity index (χ1v) is 6.71. The summed E-state index contributed by atoms with van der Waals surface area (Å²) < 4.78 is 0. The minimum atomic E-state index is -0.846. The Kier molecular flexibility index (Phi) is 3.99. The third-order valence-electron chi connectivity index (χ3n) is 3.74. The fourth-order valence-corrected chi connectivity index (χ4v) is 2.98. The van der Waals surface area contributed by atoms with E-state index in [1.807, 2.05) is 6.07 Å². The molecule has 0 radical (unpaired) electrons. The van der Waals surface area contributed by atoms with Crippen LogP contribution >= 0.6 is 23.2 Å². The number of benzene rings is 1. The summed E-state index contributed by atoms with van der Waals surface area (Å²) in [6.45, 7) is 0.497. The topological polar surface area (TPSA) is 46.2 Å². The Morgan fingerprint density at radius 3 is 2.71 bits per heavy atom. The van der Waals surface area contributed by atoms with Gasteiger partial charge in [0.25, 0.3) is 0 Å². The van der Waals surface area contributed by atoms with Crippen LogP contribution in [0.25, 0.3) is 0 Å². The van der Waals surface area contributed by atoms with E-state index < -0.39 is 5.60 Å². The molecule has 2 rings (SSSR count). The van der Waals surface area contributed by atoms with Gasteiger partial charge in [0.1, 0.15) is 0 Å². The molecule has 0 aliphatic heterocycles. The molecule has 4 heteroatoms. The monoisotopic (exact) mass is 273 g/mol. The van der Waals surface area contributed by atoms with E-state index in [0.29, 0.717) is 16.6 Å². The van der Waals surface area contributed by atoms with Crippen LogP contribution in [-0.2, 0) is 5.60 Å². The van der Waals surface area contributed by atoms with Gasteiger partial charge in [0.2, 0.25) is 0 Å². The summed E-state index contributed by atoms with van der Waals surface area (Å²) in [5.41, 5.74) is 5.75. The van der Waals surface area contributed by atoms with Crippen LogP contribution in [0.3, 0.4) is 0 Å². The molecule has 3 N–H and O–H groups in total. The van der Waals surface area contributed by atoms with E-state index in [9.17, 15) is 5.11 Å². The summed E-state index contributed by atoms with van der Waals surface area (Å²) in [7, 11) is 0. The van der Waals surface area contributed by atoms with Crippen LogP contribution in [0.1, 0.15) is 31.2 Å². The molecule has 1 unspecified atom stereocenters. The van der Waals surface area contributed by atoms with E-state index in [2.05, 4.69) is 0 Å². The fourth-order valence-electron chi connectivity index (χ4n) is 2.69. The fraction of sp³-hybridized carbons (Fsp3) is 0.538. The van der Waals surface area contributed by atoms with E-state index in [0.717, 1.165) is 31.2 Å². The van der Waals surface area contributed by atoms with Crippen molar-refractivity contribution in [3.05, 3.63) is 33.8 Å². The molecule has 17 heavy (non-hydrogen) atoms. The van der Waals surface area contributed by atoms with Gasteiger partial charge in [-0.1, -0.05) is 42.1 Å². The molecule has 0 amide bonds. The van der Waals surface area contributed by atoms with E-state index >= 15 is 0 Å². The molecule has 0 bridgehead atoms. The van der Waals surface area contributed by atoms with Gasteiger partial charge in [-0.3, -0.25) is 0 Å². The van der Waals surface area contributed by atoms with Crippen molar-refractivity contribution in [1.82, 2.24) is 0 Å². The zero-order valence-corrected chi connectivity index (χ0v) is 11.1. The lowest BCUT2D eigenvalue weighted by Crippen LogP contribution is -2.41. The number of aliphatic hydroxyl groups is 1. The molecule has 2 atom stereocenters. The average Bonchev–Trinajstić information content (AvgIpc) is 2.33. The number of halogens is 2. The standard InChI is InChI=1S/C13H17Cl2NO/c14-11-5-4-9(7-12(11)15)13(17)6-2-1-3-10(13)8-16/h4-5,7,10,17H,1-3,6,8,16H2/t10?,13-/m0/s1. The Morgan fingerprint density at radius 2 is 2.06 bits per heavy atom. The molecule has 1 aliphatic carbocycles. The lowest BCUT2D eigenvalue weighted by atomic mass is 9.71. The predicted molar refractivity (Wildman–Crippen MR) is 71.4 cm³/mol. The molecule has 0 heterocycles. The molecular formula is C13H17Cl2NO. The van der Waals surface area contributed by atoms with Gasteiger partial charge in [0.05, 0.1) is 15.6 Å². The minimum Gasteiger partial charge on any atom is -0.385 e. The maximum absolute atomic E-state index is 10.8. The van der Waals surface area contributed by atoms with Gasteiger partial charge in [-0.2, -0.15) is 0 Å². The van der Waals surface area contributed by atoms with Gasteiger partial charge in [-0.15, -0.1) is 0 Å². The van der Waals surface area contributed by atoms with Crippen molar-refractivity contribution in [2.24, 2.45) is 11.7 Å². The number of rotatable bonds is 2. The molecule has 94 valence electrons. The van der Waals surface area contributed by atoms with Crippen LogP contribution < -0.4 is 5.73 Å². The van der Waals surface area contributed by atoms with Crippen molar-refractivity contribution < 1.29 is 5.11 Å². The van der Waals surface area contributed by atoms with Crippen molar-refractivity contribution >= 4 is 23.2 Å². The third-order valence-corrected chi connectivity index (χ3v) is 4.48. The molecule has 1 aliphatic rings. The first-order chi connectivity index (χ1) is 8.08. The summed E-state index contributed by atoms with van der Waals surface area (Å²) >= 11 is 11.9. The number of hydrogen-bond donors (Lipinski definition) is 2. The first kappa shape index (κ1) is 13.2. The quantitative estimate of drug-likeness (QED) is 0.868. The van der Waals surface area contributed by atoms with Crippen molar-refractivity contribution in [3.8, 4) is 0 Å². The highest BCUT2D eigenvalue weighted by Crippen LogP contribution is 2.42. The van der Waals surface area contributed by atoms with Crippen molar-refractivity contribution in [2.75, 3.05) is 6.54 Å². The van der Waals surface area contributed by atoms with Crippen molar-refractivity contribution in [1.29, 1.82) is 0 Å². The second-order valence-electron chi connectivity index (χ2n) is 4.73. The van der Waals surface area contributed by atoms with Crippen molar-refractivity contribution in [2.45, 2.75) is 31.3 Å². The van der Waals surface area contributed by atoms with E-state index in [1.54, 1.807) is 12.1 Å². The average molecular weight is 274 g/mol. The Balaban J connectivity index is 2.37. The Bertz CT molecular complexity index is 410. The SMILES string of the molecule is NCC1CCCC[C@]1(O)c1ccc(Cl)c(Cl)c1.